The van der Waals surface area contributed by atoms with Gasteiger partial charge in [-0.25, -0.2) is 4.39 Å². The summed E-state index contributed by atoms with van der Waals surface area (Å²) in [5, 5.41) is 3.13. The summed E-state index contributed by atoms with van der Waals surface area (Å²) in [6, 6.07) is 4.80. The summed E-state index contributed by atoms with van der Waals surface area (Å²) in [7, 11) is 5.43. The van der Waals surface area contributed by atoms with Crippen LogP contribution in [0.25, 0.3) is 0 Å². The van der Waals surface area contributed by atoms with Gasteiger partial charge in [0.25, 0.3) is 0 Å². The van der Waals surface area contributed by atoms with Crippen LogP contribution in [0.5, 0.6) is 5.75 Å². The molecule has 116 valence electrons. The molecule has 1 heterocycles. The average molecular weight is 295 g/mol. The molecule has 5 nitrogen and oxygen atoms in total. The second-order valence-corrected chi connectivity index (χ2v) is 5.42. The number of halogens is 1. The highest BCUT2D eigenvalue weighted by Gasteiger charge is 2.31. The fraction of sp³-hybridized carbons (Fsp3) is 0.533. The summed E-state index contributed by atoms with van der Waals surface area (Å²) >= 11 is 0. The molecule has 1 aliphatic heterocycles. The number of ether oxygens (including phenoxy) is 1. The van der Waals surface area contributed by atoms with Crippen molar-refractivity contribution in [3.63, 3.8) is 0 Å². The molecule has 1 N–H and O–H groups in total. The highest BCUT2D eigenvalue weighted by Crippen LogP contribution is 2.26. The van der Waals surface area contributed by atoms with Gasteiger partial charge in [-0.2, -0.15) is 0 Å². The van der Waals surface area contributed by atoms with Crippen molar-refractivity contribution in [3.05, 3.63) is 29.6 Å². The second-order valence-electron chi connectivity index (χ2n) is 5.42. The van der Waals surface area contributed by atoms with Gasteiger partial charge in [0.15, 0.2) is 11.6 Å². The molecule has 1 fully saturated rings. The molecule has 0 aliphatic carbocycles. The van der Waals surface area contributed by atoms with Crippen LogP contribution in [-0.2, 0) is 4.79 Å². The normalized spacial score (nSPS) is 18.6. The fourth-order valence-electron chi connectivity index (χ4n) is 2.50. The van der Waals surface area contributed by atoms with Gasteiger partial charge in [-0.15, -0.1) is 0 Å². The first-order valence-corrected chi connectivity index (χ1v) is 7.04. The van der Waals surface area contributed by atoms with E-state index >= 15 is 0 Å². The van der Waals surface area contributed by atoms with E-state index in [2.05, 4.69) is 10.2 Å². The van der Waals surface area contributed by atoms with Crippen molar-refractivity contribution < 1.29 is 13.9 Å². The number of nitrogens with zero attached hydrogens (tertiary/aromatic N) is 2. The number of hydrogen-bond donors (Lipinski definition) is 1. The molecular formula is C15H22FN3O2. The van der Waals surface area contributed by atoms with Crippen LogP contribution in [0, 0.1) is 5.82 Å². The quantitative estimate of drug-likeness (QED) is 0.857. The highest BCUT2D eigenvalue weighted by atomic mass is 19.1. The van der Waals surface area contributed by atoms with Crippen LogP contribution in [0.2, 0.25) is 0 Å². The van der Waals surface area contributed by atoms with Crippen LogP contribution < -0.4 is 10.1 Å². The molecule has 6 heteroatoms. The summed E-state index contributed by atoms with van der Waals surface area (Å²) in [5.41, 5.74) is 0.740. The van der Waals surface area contributed by atoms with Gasteiger partial charge in [0.05, 0.1) is 13.7 Å². The minimum atomic E-state index is -0.413. The number of carbonyl (C=O) groups is 1. The van der Waals surface area contributed by atoms with Crippen molar-refractivity contribution >= 4 is 5.91 Å². The molecule has 1 saturated heterocycles. The Morgan fingerprint density at radius 1 is 1.48 bits per heavy atom. The van der Waals surface area contributed by atoms with Gasteiger partial charge in [-0.1, -0.05) is 6.07 Å². The lowest BCUT2D eigenvalue weighted by Gasteiger charge is -2.25. The van der Waals surface area contributed by atoms with Crippen molar-refractivity contribution in [2.24, 2.45) is 0 Å². The van der Waals surface area contributed by atoms with Crippen molar-refractivity contribution in [2.45, 2.75) is 12.6 Å². The highest BCUT2D eigenvalue weighted by molar-refractivity contribution is 5.80. The largest absolute Gasteiger partial charge is 0.494 e. The Labute approximate surface area is 124 Å². The molecule has 1 amide bonds. The Kier molecular flexibility index (Phi) is 5.14. The maximum Gasteiger partial charge on any atom is 0.238 e. The minimum absolute atomic E-state index is 0.0509. The van der Waals surface area contributed by atoms with Crippen LogP contribution in [0.15, 0.2) is 18.2 Å². The first-order valence-electron chi connectivity index (χ1n) is 7.04. The minimum Gasteiger partial charge on any atom is -0.494 e. The third-order valence-corrected chi connectivity index (χ3v) is 3.57. The molecule has 0 bridgehead atoms. The molecule has 1 unspecified atom stereocenters. The molecule has 1 aromatic carbocycles. The van der Waals surface area contributed by atoms with E-state index in [0.717, 1.165) is 18.5 Å². The van der Waals surface area contributed by atoms with Gasteiger partial charge < -0.3 is 14.5 Å². The van der Waals surface area contributed by atoms with Gasteiger partial charge in [-0.05, 0) is 44.8 Å². The van der Waals surface area contributed by atoms with Crippen LogP contribution >= 0.6 is 0 Å². The summed E-state index contributed by atoms with van der Waals surface area (Å²) in [6.07, 6.45) is 0.621. The van der Waals surface area contributed by atoms with Crippen LogP contribution in [0.3, 0.4) is 0 Å². The fourth-order valence-corrected chi connectivity index (χ4v) is 2.50. The molecule has 1 aromatic rings. The number of rotatable bonds is 6. The Morgan fingerprint density at radius 2 is 2.24 bits per heavy atom. The first kappa shape index (κ1) is 15.7. The number of benzene rings is 1. The van der Waals surface area contributed by atoms with Gasteiger partial charge in [-0.3, -0.25) is 10.1 Å². The molecule has 2 rings (SSSR count). The van der Waals surface area contributed by atoms with Crippen molar-refractivity contribution in [1.29, 1.82) is 0 Å². The van der Waals surface area contributed by atoms with Gasteiger partial charge in [0.2, 0.25) is 5.91 Å². The Morgan fingerprint density at radius 3 is 2.86 bits per heavy atom. The molecular weight excluding hydrogens is 273 g/mol. The van der Waals surface area contributed by atoms with Crippen LogP contribution in [-0.4, -0.2) is 56.5 Å². The number of amides is 1. The monoisotopic (exact) mass is 295 g/mol. The molecule has 0 radical (unpaired) electrons. The van der Waals surface area contributed by atoms with E-state index in [-0.39, 0.29) is 17.8 Å². The lowest BCUT2D eigenvalue weighted by atomic mass is 10.1. The first-order chi connectivity index (χ1) is 10.0. The van der Waals surface area contributed by atoms with E-state index in [1.54, 1.807) is 17.0 Å². The zero-order valence-electron chi connectivity index (χ0n) is 12.7. The summed E-state index contributed by atoms with van der Waals surface area (Å²) in [5.74, 6) is -0.151. The second kappa shape index (κ2) is 6.87. The smallest absolute Gasteiger partial charge is 0.238 e. The topological polar surface area (TPSA) is 44.8 Å². The maximum atomic E-state index is 13.8. The molecule has 0 aromatic heterocycles. The number of nitrogens with one attached hydrogen (secondary N) is 1. The zero-order chi connectivity index (χ0) is 15.4. The van der Waals surface area contributed by atoms with Gasteiger partial charge in [0, 0.05) is 6.54 Å². The van der Waals surface area contributed by atoms with Crippen molar-refractivity contribution in [2.75, 3.05) is 40.8 Å². The number of methoxy groups -OCH3 is 1. The van der Waals surface area contributed by atoms with Crippen LogP contribution in [0.4, 0.5) is 4.39 Å². The van der Waals surface area contributed by atoms with Gasteiger partial charge >= 0.3 is 0 Å². The zero-order valence-corrected chi connectivity index (χ0v) is 12.7. The number of hydrogen-bond acceptors (Lipinski definition) is 4. The van der Waals surface area contributed by atoms with Crippen LogP contribution in [0.1, 0.15) is 18.2 Å². The standard InChI is InChI=1S/C15H22FN3O2/c1-18(2)7-4-8-19-14(20)10-17-15(19)11-5-6-13(21-3)12(16)9-11/h5-6,9,15,17H,4,7-8,10H2,1-3H3. The van der Waals surface area contributed by atoms with E-state index < -0.39 is 5.82 Å². The third-order valence-electron chi connectivity index (χ3n) is 3.57. The number of carbonyl (C=O) groups excluding carboxylic acids is 1. The Balaban J connectivity index is 2.09. The SMILES string of the molecule is COc1ccc(C2NCC(=O)N2CCCN(C)C)cc1F. The summed E-state index contributed by atoms with van der Waals surface area (Å²) < 4.78 is 18.7. The predicted molar refractivity (Wildman–Crippen MR) is 78.6 cm³/mol. The van der Waals surface area contributed by atoms with Crippen molar-refractivity contribution in [3.8, 4) is 5.75 Å². The molecule has 21 heavy (non-hydrogen) atoms. The molecule has 1 aliphatic rings. The van der Waals surface area contributed by atoms with E-state index in [1.807, 2.05) is 14.1 Å². The summed E-state index contributed by atoms with van der Waals surface area (Å²) in [4.78, 5) is 15.8. The predicted octanol–water partition coefficient (Wildman–Crippen LogP) is 1.22. The van der Waals surface area contributed by atoms with E-state index in [4.69, 9.17) is 4.74 Å². The van der Waals surface area contributed by atoms with Crippen molar-refractivity contribution in [1.82, 2.24) is 15.1 Å². The Bertz CT molecular complexity index is 508. The lowest BCUT2D eigenvalue weighted by molar-refractivity contribution is -0.128. The summed E-state index contributed by atoms with van der Waals surface area (Å²) in [6.45, 7) is 1.86. The van der Waals surface area contributed by atoms with E-state index in [0.29, 0.717) is 13.1 Å². The molecule has 0 spiro atoms. The lowest BCUT2D eigenvalue weighted by Crippen LogP contribution is -2.32. The average Bonchev–Trinajstić information content (AvgIpc) is 2.80. The Hall–Kier alpha value is -1.66. The molecule has 1 atom stereocenters. The molecule has 0 saturated carbocycles. The maximum absolute atomic E-state index is 13.8. The van der Waals surface area contributed by atoms with Gasteiger partial charge in [0.1, 0.15) is 6.17 Å². The van der Waals surface area contributed by atoms with E-state index in [1.165, 1.54) is 13.2 Å². The third kappa shape index (κ3) is 3.71. The van der Waals surface area contributed by atoms with E-state index in [9.17, 15) is 9.18 Å².